The fourth-order valence-corrected chi connectivity index (χ4v) is 2.88. The Balaban J connectivity index is 1.74. The summed E-state index contributed by atoms with van der Waals surface area (Å²) in [7, 11) is 0. The van der Waals surface area contributed by atoms with E-state index in [1.165, 1.54) is 0 Å². The Labute approximate surface area is 119 Å². The average molecular weight is 284 g/mol. The fourth-order valence-electron chi connectivity index (χ4n) is 2.88. The zero-order valence-corrected chi connectivity index (χ0v) is 11.9. The Morgan fingerprint density at radius 1 is 1.05 bits per heavy atom. The summed E-state index contributed by atoms with van der Waals surface area (Å²) in [5.41, 5.74) is 0. The van der Waals surface area contributed by atoms with E-state index in [-0.39, 0.29) is 12.5 Å². The molecule has 0 aromatic heterocycles. The Bertz CT molecular complexity index is 332. The maximum atomic E-state index is 12.4. The number of likely N-dealkylation sites (tertiary alicyclic amines) is 1. The van der Waals surface area contributed by atoms with Crippen LogP contribution in [-0.4, -0.2) is 66.3 Å². The molecule has 2 saturated heterocycles. The molecule has 114 valence electrons. The molecular formula is C14H24N2O4. The topological polar surface area (TPSA) is 70.1 Å². The number of carboxylic acid groups (broad SMARTS) is 1. The fraction of sp³-hybridized carbons (Fsp3) is 0.857. The number of urea groups is 1. The van der Waals surface area contributed by atoms with E-state index in [2.05, 4.69) is 0 Å². The van der Waals surface area contributed by atoms with Crippen LogP contribution < -0.4 is 0 Å². The normalized spacial score (nSPS) is 21.6. The Morgan fingerprint density at radius 2 is 1.75 bits per heavy atom. The summed E-state index contributed by atoms with van der Waals surface area (Å²) in [4.78, 5) is 26.7. The standard InChI is InChI=1S/C14H24N2O4/c17-13(18)3-2-12-4-7-16(8-5-12)14(19)15-6-1-10-20-11-9-15/h12H,1-11H2,(H,17,18). The van der Waals surface area contributed by atoms with Gasteiger partial charge < -0.3 is 19.6 Å². The largest absolute Gasteiger partial charge is 0.481 e. The molecule has 0 radical (unpaired) electrons. The summed E-state index contributed by atoms with van der Waals surface area (Å²) in [5.74, 6) is -0.282. The van der Waals surface area contributed by atoms with Gasteiger partial charge in [0.15, 0.2) is 0 Å². The van der Waals surface area contributed by atoms with Gasteiger partial charge in [-0.2, -0.15) is 0 Å². The molecule has 6 heteroatoms. The molecule has 0 spiro atoms. The van der Waals surface area contributed by atoms with Crippen molar-refractivity contribution in [2.45, 2.75) is 32.1 Å². The van der Waals surface area contributed by atoms with Gasteiger partial charge in [-0.05, 0) is 31.6 Å². The average Bonchev–Trinajstić information content (AvgIpc) is 2.74. The summed E-state index contributed by atoms with van der Waals surface area (Å²) >= 11 is 0. The van der Waals surface area contributed by atoms with Crippen molar-refractivity contribution in [3.8, 4) is 0 Å². The van der Waals surface area contributed by atoms with Crippen molar-refractivity contribution in [3.05, 3.63) is 0 Å². The van der Waals surface area contributed by atoms with E-state index >= 15 is 0 Å². The summed E-state index contributed by atoms with van der Waals surface area (Å²) in [5, 5.41) is 8.70. The Morgan fingerprint density at radius 3 is 2.45 bits per heavy atom. The predicted octanol–water partition coefficient (Wildman–Crippen LogP) is 1.41. The summed E-state index contributed by atoms with van der Waals surface area (Å²) in [6.07, 6.45) is 3.71. The molecule has 0 saturated carbocycles. The van der Waals surface area contributed by atoms with Crippen molar-refractivity contribution in [2.75, 3.05) is 39.4 Å². The van der Waals surface area contributed by atoms with E-state index in [1.807, 2.05) is 9.80 Å². The maximum Gasteiger partial charge on any atom is 0.320 e. The quantitative estimate of drug-likeness (QED) is 0.850. The first-order chi connectivity index (χ1) is 9.66. The van der Waals surface area contributed by atoms with Crippen LogP contribution in [0.5, 0.6) is 0 Å². The molecular weight excluding hydrogens is 260 g/mol. The molecule has 2 rings (SSSR count). The molecule has 1 N–H and O–H groups in total. The van der Waals surface area contributed by atoms with Crippen molar-refractivity contribution in [3.63, 3.8) is 0 Å². The van der Waals surface area contributed by atoms with Gasteiger partial charge in [0.05, 0.1) is 6.61 Å². The minimum Gasteiger partial charge on any atom is -0.481 e. The van der Waals surface area contributed by atoms with Crippen LogP contribution in [0, 0.1) is 5.92 Å². The highest BCUT2D eigenvalue weighted by atomic mass is 16.5. The second-order valence-corrected chi connectivity index (χ2v) is 5.60. The molecule has 0 bridgehead atoms. The minimum absolute atomic E-state index is 0.118. The molecule has 0 aliphatic carbocycles. The van der Waals surface area contributed by atoms with Gasteiger partial charge in [-0.25, -0.2) is 4.79 Å². The summed E-state index contributed by atoms with van der Waals surface area (Å²) < 4.78 is 5.37. The van der Waals surface area contributed by atoms with Crippen LogP contribution in [0.25, 0.3) is 0 Å². The number of carboxylic acids is 1. The number of carbonyl (C=O) groups is 2. The van der Waals surface area contributed by atoms with Gasteiger partial charge in [-0.1, -0.05) is 0 Å². The zero-order chi connectivity index (χ0) is 14.4. The van der Waals surface area contributed by atoms with E-state index in [0.717, 1.165) is 51.9 Å². The monoisotopic (exact) mass is 284 g/mol. The second kappa shape index (κ2) is 7.47. The molecule has 2 aliphatic heterocycles. The summed E-state index contributed by atoms with van der Waals surface area (Å²) in [6, 6.07) is 0.118. The van der Waals surface area contributed by atoms with Crippen LogP contribution in [0.4, 0.5) is 4.79 Å². The van der Waals surface area contributed by atoms with Crippen LogP contribution in [-0.2, 0) is 9.53 Å². The number of hydrogen-bond acceptors (Lipinski definition) is 3. The number of piperidine rings is 1. The van der Waals surface area contributed by atoms with Gasteiger partial charge in [0, 0.05) is 39.2 Å². The van der Waals surface area contributed by atoms with Gasteiger partial charge in [-0.15, -0.1) is 0 Å². The highest BCUT2D eigenvalue weighted by Crippen LogP contribution is 2.22. The van der Waals surface area contributed by atoms with Gasteiger partial charge in [0.2, 0.25) is 0 Å². The second-order valence-electron chi connectivity index (χ2n) is 5.60. The molecule has 2 fully saturated rings. The van der Waals surface area contributed by atoms with E-state index in [1.54, 1.807) is 0 Å². The highest BCUT2D eigenvalue weighted by molar-refractivity contribution is 5.74. The molecule has 2 aliphatic rings. The van der Waals surface area contributed by atoms with E-state index < -0.39 is 5.97 Å². The lowest BCUT2D eigenvalue weighted by Gasteiger charge is -2.35. The van der Waals surface area contributed by atoms with Crippen LogP contribution >= 0.6 is 0 Å². The first kappa shape index (κ1) is 15.1. The molecule has 6 nitrogen and oxygen atoms in total. The van der Waals surface area contributed by atoms with Crippen molar-refractivity contribution >= 4 is 12.0 Å². The molecule has 0 unspecified atom stereocenters. The number of hydrogen-bond donors (Lipinski definition) is 1. The third-order valence-corrected chi connectivity index (χ3v) is 4.14. The van der Waals surface area contributed by atoms with E-state index in [9.17, 15) is 9.59 Å². The molecule has 0 aromatic carbocycles. The molecule has 0 atom stereocenters. The van der Waals surface area contributed by atoms with Crippen molar-refractivity contribution in [1.82, 2.24) is 9.80 Å². The number of amides is 2. The Hall–Kier alpha value is -1.30. The van der Waals surface area contributed by atoms with Gasteiger partial charge in [-0.3, -0.25) is 4.79 Å². The van der Waals surface area contributed by atoms with Crippen LogP contribution in [0.1, 0.15) is 32.1 Å². The maximum absolute atomic E-state index is 12.4. The first-order valence-electron chi connectivity index (χ1n) is 7.50. The molecule has 0 aromatic rings. The number of aliphatic carboxylic acids is 1. The third-order valence-electron chi connectivity index (χ3n) is 4.14. The highest BCUT2D eigenvalue weighted by Gasteiger charge is 2.26. The van der Waals surface area contributed by atoms with Gasteiger partial charge in [0.1, 0.15) is 0 Å². The van der Waals surface area contributed by atoms with Crippen molar-refractivity contribution in [1.29, 1.82) is 0 Å². The molecule has 2 amide bonds. The number of carbonyl (C=O) groups excluding carboxylic acids is 1. The van der Waals surface area contributed by atoms with Crippen molar-refractivity contribution < 1.29 is 19.4 Å². The van der Waals surface area contributed by atoms with Crippen LogP contribution in [0.3, 0.4) is 0 Å². The number of ether oxygens (including phenoxy) is 1. The SMILES string of the molecule is O=C(O)CCC1CCN(C(=O)N2CCCOCC2)CC1. The van der Waals surface area contributed by atoms with Gasteiger partial charge >= 0.3 is 12.0 Å². The third kappa shape index (κ3) is 4.37. The smallest absolute Gasteiger partial charge is 0.320 e. The minimum atomic E-state index is -0.729. The van der Waals surface area contributed by atoms with Crippen molar-refractivity contribution in [2.24, 2.45) is 5.92 Å². The zero-order valence-electron chi connectivity index (χ0n) is 11.9. The number of rotatable bonds is 3. The first-order valence-corrected chi connectivity index (χ1v) is 7.50. The summed E-state index contributed by atoms with van der Waals surface area (Å²) in [6.45, 7) is 4.32. The molecule has 20 heavy (non-hydrogen) atoms. The van der Waals surface area contributed by atoms with Crippen LogP contribution in [0.2, 0.25) is 0 Å². The lowest BCUT2D eigenvalue weighted by atomic mass is 9.92. The lowest BCUT2D eigenvalue weighted by molar-refractivity contribution is -0.137. The molecule has 2 heterocycles. The lowest BCUT2D eigenvalue weighted by Crippen LogP contribution is -2.47. The van der Waals surface area contributed by atoms with E-state index in [4.69, 9.17) is 9.84 Å². The van der Waals surface area contributed by atoms with E-state index in [0.29, 0.717) is 19.1 Å². The Kier molecular flexibility index (Phi) is 5.64. The number of nitrogens with zero attached hydrogens (tertiary/aromatic N) is 2. The van der Waals surface area contributed by atoms with Gasteiger partial charge in [0.25, 0.3) is 0 Å². The van der Waals surface area contributed by atoms with Crippen LogP contribution in [0.15, 0.2) is 0 Å². The predicted molar refractivity (Wildman–Crippen MR) is 73.6 cm³/mol.